The molecule has 3 aromatic carbocycles. The average molecular weight is 284 g/mol. The first-order chi connectivity index (χ1) is 10.9. The van der Waals surface area contributed by atoms with Gasteiger partial charge in [-0.2, -0.15) is 5.26 Å². The van der Waals surface area contributed by atoms with Crippen molar-refractivity contribution in [1.82, 2.24) is 5.32 Å². The van der Waals surface area contributed by atoms with Gasteiger partial charge in [0.2, 0.25) is 0 Å². The predicted octanol–water partition coefficient (Wildman–Crippen LogP) is 4.59. The molecule has 106 valence electrons. The van der Waals surface area contributed by atoms with Crippen LogP contribution in [-0.2, 0) is 6.54 Å². The van der Waals surface area contributed by atoms with E-state index in [1.54, 1.807) is 0 Å². The summed E-state index contributed by atoms with van der Waals surface area (Å²) < 4.78 is 0. The van der Waals surface area contributed by atoms with Gasteiger partial charge >= 0.3 is 0 Å². The zero-order chi connectivity index (χ0) is 15.2. The molecule has 3 aromatic rings. The lowest BCUT2D eigenvalue weighted by Gasteiger charge is -2.14. The first-order valence-electron chi connectivity index (χ1n) is 7.25. The van der Waals surface area contributed by atoms with Gasteiger partial charge in [-0.05, 0) is 27.8 Å². The normalized spacial score (nSPS) is 9.95. The van der Waals surface area contributed by atoms with Crippen molar-refractivity contribution >= 4 is 0 Å². The molecule has 0 aromatic heterocycles. The second-order valence-electron chi connectivity index (χ2n) is 5.03. The Morgan fingerprint density at radius 3 is 2.00 bits per heavy atom. The van der Waals surface area contributed by atoms with Crippen molar-refractivity contribution < 1.29 is 0 Å². The Balaban J connectivity index is 2.13. The molecule has 0 aliphatic heterocycles. The molecule has 0 heterocycles. The zero-order valence-electron chi connectivity index (χ0n) is 12.2. The van der Waals surface area contributed by atoms with E-state index in [1.807, 2.05) is 24.4 Å². The number of benzene rings is 3. The smallest absolute Gasteiger partial charge is 0.176 e. The van der Waals surface area contributed by atoms with Crippen LogP contribution in [0, 0.1) is 11.5 Å². The highest BCUT2D eigenvalue weighted by molar-refractivity contribution is 5.84. The summed E-state index contributed by atoms with van der Waals surface area (Å²) in [6.45, 7) is 0.537. The number of nitriles is 1. The molecule has 3 rings (SSSR count). The van der Waals surface area contributed by atoms with Crippen molar-refractivity contribution in [2.45, 2.75) is 6.54 Å². The predicted molar refractivity (Wildman–Crippen MR) is 89.8 cm³/mol. The maximum absolute atomic E-state index is 8.76. The van der Waals surface area contributed by atoms with Crippen molar-refractivity contribution in [1.29, 1.82) is 5.26 Å². The molecule has 2 heteroatoms. The van der Waals surface area contributed by atoms with Crippen LogP contribution in [0.5, 0.6) is 0 Å². The Kier molecular flexibility index (Phi) is 4.17. The van der Waals surface area contributed by atoms with Crippen molar-refractivity contribution in [3.8, 4) is 28.4 Å². The maximum Gasteiger partial charge on any atom is 0.176 e. The van der Waals surface area contributed by atoms with Crippen LogP contribution >= 0.6 is 0 Å². The van der Waals surface area contributed by atoms with Crippen LogP contribution in [0.3, 0.4) is 0 Å². The summed E-state index contributed by atoms with van der Waals surface area (Å²) in [5, 5.41) is 11.5. The summed E-state index contributed by atoms with van der Waals surface area (Å²) in [5.74, 6) is 0. The molecule has 0 saturated heterocycles. The molecule has 0 amide bonds. The van der Waals surface area contributed by atoms with E-state index in [9.17, 15) is 0 Å². The standard InChI is InChI=1S/C20H16N2/c21-15-22-14-17-10-4-5-12-19(17)20-13-7-6-11-18(20)16-8-2-1-3-9-16/h1-13,22H,14H2. The summed E-state index contributed by atoms with van der Waals surface area (Å²) in [7, 11) is 0. The molecule has 0 saturated carbocycles. The Hall–Kier alpha value is -3.05. The van der Waals surface area contributed by atoms with Crippen LogP contribution in [0.1, 0.15) is 5.56 Å². The molecule has 0 radical (unpaired) electrons. The Morgan fingerprint density at radius 1 is 0.682 bits per heavy atom. The minimum Gasteiger partial charge on any atom is -0.319 e. The van der Waals surface area contributed by atoms with Gasteiger partial charge in [-0.3, -0.25) is 0 Å². The molecule has 22 heavy (non-hydrogen) atoms. The monoisotopic (exact) mass is 284 g/mol. The van der Waals surface area contributed by atoms with Crippen LogP contribution < -0.4 is 5.32 Å². The SMILES string of the molecule is N#CNCc1ccccc1-c1ccccc1-c1ccccc1. The maximum atomic E-state index is 8.76. The molecular weight excluding hydrogens is 268 g/mol. The summed E-state index contributed by atoms with van der Waals surface area (Å²) in [6, 6.07) is 26.9. The minimum atomic E-state index is 0.537. The average Bonchev–Trinajstić information content (AvgIpc) is 2.61. The van der Waals surface area contributed by atoms with Gasteiger partial charge in [0.15, 0.2) is 6.19 Å². The molecule has 0 bridgehead atoms. The van der Waals surface area contributed by atoms with E-state index < -0.39 is 0 Å². The topological polar surface area (TPSA) is 35.8 Å². The van der Waals surface area contributed by atoms with E-state index >= 15 is 0 Å². The molecule has 1 N–H and O–H groups in total. The fraction of sp³-hybridized carbons (Fsp3) is 0.0500. The van der Waals surface area contributed by atoms with Gasteiger partial charge < -0.3 is 5.32 Å². The summed E-state index contributed by atoms with van der Waals surface area (Å²) in [5.41, 5.74) is 5.86. The minimum absolute atomic E-state index is 0.537. The largest absolute Gasteiger partial charge is 0.319 e. The summed E-state index contributed by atoms with van der Waals surface area (Å²) >= 11 is 0. The van der Waals surface area contributed by atoms with Gasteiger partial charge in [0.05, 0.1) is 6.54 Å². The van der Waals surface area contributed by atoms with Crippen molar-refractivity contribution in [3.05, 3.63) is 84.4 Å². The third-order valence-electron chi connectivity index (χ3n) is 3.68. The summed E-state index contributed by atoms with van der Waals surface area (Å²) in [6.07, 6.45) is 1.99. The van der Waals surface area contributed by atoms with Crippen LogP contribution in [0.4, 0.5) is 0 Å². The number of hydrogen-bond acceptors (Lipinski definition) is 2. The Labute approximate surface area is 130 Å². The molecule has 0 aliphatic carbocycles. The van der Waals surface area contributed by atoms with E-state index in [2.05, 4.69) is 66.0 Å². The summed E-state index contributed by atoms with van der Waals surface area (Å²) in [4.78, 5) is 0. The molecule has 0 atom stereocenters. The third-order valence-corrected chi connectivity index (χ3v) is 3.68. The molecule has 0 fully saturated rings. The lowest BCUT2D eigenvalue weighted by atomic mass is 9.92. The highest BCUT2D eigenvalue weighted by atomic mass is 14.8. The first-order valence-corrected chi connectivity index (χ1v) is 7.25. The Morgan fingerprint density at radius 2 is 1.27 bits per heavy atom. The molecule has 0 unspecified atom stereocenters. The fourth-order valence-electron chi connectivity index (χ4n) is 2.66. The number of rotatable bonds is 4. The van der Waals surface area contributed by atoms with E-state index in [0.717, 1.165) is 11.1 Å². The number of nitrogens with zero attached hydrogens (tertiary/aromatic N) is 1. The highest BCUT2D eigenvalue weighted by Gasteiger charge is 2.09. The molecule has 0 spiro atoms. The van der Waals surface area contributed by atoms with Gasteiger partial charge in [0.1, 0.15) is 0 Å². The van der Waals surface area contributed by atoms with Crippen LogP contribution in [-0.4, -0.2) is 0 Å². The highest BCUT2D eigenvalue weighted by Crippen LogP contribution is 2.33. The second kappa shape index (κ2) is 6.60. The fourth-order valence-corrected chi connectivity index (χ4v) is 2.66. The van der Waals surface area contributed by atoms with E-state index in [1.165, 1.54) is 16.7 Å². The van der Waals surface area contributed by atoms with Gasteiger partial charge in [-0.25, -0.2) is 0 Å². The van der Waals surface area contributed by atoms with Crippen LogP contribution in [0.2, 0.25) is 0 Å². The van der Waals surface area contributed by atoms with Gasteiger partial charge in [0, 0.05) is 0 Å². The van der Waals surface area contributed by atoms with Crippen LogP contribution in [0.15, 0.2) is 78.9 Å². The van der Waals surface area contributed by atoms with Gasteiger partial charge in [-0.1, -0.05) is 78.9 Å². The first kappa shape index (κ1) is 13.9. The molecular formula is C20H16N2. The van der Waals surface area contributed by atoms with Gasteiger partial charge in [0.25, 0.3) is 0 Å². The van der Waals surface area contributed by atoms with Crippen molar-refractivity contribution in [3.63, 3.8) is 0 Å². The van der Waals surface area contributed by atoms with E-state index in [0.29, 0.717) is 6.54 Å². The lowest BCUT2D eigenvalue weighted by Crippen LogP contribution is -2.05. The van der Waals surface area contributed by atoms with E-state index in [-0.39, 0.29) is 0 Å². The molecule has 2 nitrogen and oxygen atoms in total. The zero-order valence-corrected chi connectivity index (χ0v) is 12.2. The Bertz CT molecular complexity index is 801. The van der Waals surface area contributed by atoms with Crippen LogP contribution in [0.25, 0.3) is 22.3 Å². The van der Waals surface area contributed by atoms with Gasteiger partial charge in [-0.15, -0.1) is 0 Å². The number of hydrogen-bond donors (Lipinski definition) is 1. The lowest BCUT2D eigenvalue weighted by molar-refractivity contribution is 0.886. The third kappa shape index (κ3) is 2.84. The molecule has 0 aliphatic rings. The van der Waals surface area contributed by atoms with Crippen molar-refractivity contribution in [2.24, 2.45) is 0 Å². The second-order valence-corrected chi connectivity index (χ2v) is 5.03. The quantitative estimate of drug-likeness (QED) is 0.562. The number of nitrogens with one attached hydrogen (secondary N) is 1. The van der Waals surface area contributed by atoms with Crippen molar-refractivity contribution in [2.75, 3.05) is 0 Å². The van der Waals surface area contributed by atoms with E-state index in [4.69, 9.17) is 5.26 Å².